The van der Waals surface area contributed by atoms with Crippen LogP contribution in [0, 0.1) is 0 Å². The van der Waals surface area contributed by atoms with Gasteiger partial charge >= 0.3 is 0 Å². The van der Waals surface area contributed by atoms with Crippen molar-refractivity contribution in [1.82, 2.24) is 15.1 Å². The van der Waals surface area contributed by atoms with Crippen LogP contribution in [-0.2, 0) is 4.79 Å². The Hall–Kier alpha value is -0.610. The van der Waals surface area contributed by atoms with Gasteiger partial charge in [0.25, 0.3) is 0 Å². The Kier molecular flexibility index (Phi) is 4.62. The molecule has 2 unspecified atom stereocenters. The van der Waals surface area contributed by atoms with Crippen LogP contribution in [0.1, 0.15) is 40.0 Å². The zero-order valence-corrected chi connectivity index (χ0v) is 12.0. The standard InChI is InChI=1S/C14H27N3O/c1-4-16-8-5-6-12(10-16)17-9-7-13(14(17)18)15-11(2)3/h11-13,15H,4-10H2,1-3H3. The largest absolute Gasteiger partial charge is 0.337 e. The van der Waals surface area contributed by atoms with E-state index in [9.17, 15) is 4.79 Å². The van der Waals surface area contributed by atoms with Crippen LogP contribution >= 0.6 is 0 Å². The molecule has 2 aliphatic rings. The van der Waals surface area contributed by atoms with Crippen LogP contribution in [0.15, 0.2) is 0 Å². The Morgan fingerprint density at radius 1 is 1.33 bits per heavy atom. The number of hydrogen-bond donors (Lipinski definition) is 1. The number of nitrogens with one attached hydrogen (secondary N) is 1. The molecule has 2 atom stereocenters. The number of hydrogen-bond acceptors (Lipinski definition) is 3. The Balaban J connectivity index is 1.92. The number of amides is 1. The number of nitrogens with zero attached hydrogens (tertiary/aromatic N) is 2. The summed E-state index contributed by atoms with van der Waals surface area (Å²) in [5, 5.41) is 3.38. The van der Waals surface area contributed by atoms with Gasteiger partial charge in [0.05, 0.1) is 6.04 Å². The van der Waals surface area contributed by atoms with Gasteiger partial charge in [-0.2, -0.15) is 0 Å². The van der Waals surface area contributed by atoms with E-state index < -0.39 is 0 Å². The van der Waals surface area contributed by atoms with Crippen molar-refractivity contribution in [3.05, 3.63) is 0 Å². The normalized spacial score (nSPS) is 30.4. The lowest BCUT2D eigenvalue weighted by Crippen LogP contribution is -2.50. The molecular weight excluding hydrogens is 226 g/mol. The van der Waals surface area contributed by atoms with Gasteiger partial charge in [0, 0.05) is 25.2 Å². The minimum Gasteiger partial charge on any atom is -0.337 e. The number of likely N-dealkylation sites (N-methyl/N-ethyl adjacent to an activating group) is 1. The summed E-state index contributed by atoms with van der Waals surface area (Å²) in [6.07, 6.45) is 3.38. The van der Waals surface area contributed by atoms with Crippen molar-refractivity contribution in [2.24, 2.45) is 0 Å². The fraction of sp³-hybridized carbons (Fsp3) is 0.929. The number of likely N-dealkylation sites (tertiary alicyclic amines) is 2. The molecule has 0 saturated carbocycles. The molecule has 4 heteroatoms. The summed E-state index contributed by atoms with van der Waals surface area (Å²) >= 11 is 0. The molecule has 0 aromatic carbocycles. The van der Waals surface area contributed by atoms with Crippen LogP contribution in [0.5, 0.6) is 0 Å². The summed E-state index contributed by atoms with van der Waals surface area (Å²) in [6, 6.07) is 0.893. The first-order valence-corrected chi connectivity index (χ1v) is 7.40. The van der Waals surface area contributed by atoms with Crippen molar-refractivity contribution in [1.29, 1.82) is 0 Å². The van der Waals surface area contributed by atoms with Crippen molar-refractivity contribution in [2.75, 3.05) is 26.2 Å². The van der Waals surface area contributed by atoms with E-state index in [1.54, 1.807) is 0 Å². The van der Waals surface area contributed by atoms with Crippen LogP contribution < -0.4 is 5.32 Å². The predicted octanol–water partition coefficient (Wildman–Crippen LogP) is 1.07. The molecule has 18 heavy (non-hydrogen) atoms. The Morgan fingerprint density at radius 3 is 2.78 bits per heavy atom. The maximum atomic E-state index is 12.4. The van der Waals surface area contributed by atoms with Crippen molar-refractivity contribution in [3.63, 3.8) is 0 Å². The molecule has 0 aromatic heterocycles. The third-order valence-corrected chi connectivity index (χ3v) is 4.14. The fourth-order valence-electron chi connectivity index (χ4n) is 3.19. The van der Waals surface area contributed by atoms with Gasteiger partial charge in [0.1, 0.15) is 0 Å². The van der Waals surface area contributed by atoms with Crippen LogP contribution in [0.2, 0.25) is 0 Å². The maximum Gasteiger partial charge on any atom is 0.240 e. The summed E-state index contributed by atoms with van der Waals surface area (Å²) in [5.41, 5.74) is 0. The van der Waals surface area contributed by atoms with Gasteiger partial charge < -0.3 is 15.1 Å². The van der Waals surface area contributed by atoms with Crippen molar-refractivity contribution in [2.45, 2.75) is 58.2 Å². The first kappa shape index (κ1) is 13.8. The zero-order valence-electron chi connectivity index (χ0n) is 12.0. The van der Waals surface area contributed by atoms with Crippen LogP contribution in [0.3, 0.4) is 0 Å². The van der Waals surface area contributed by atoms with E-state index in [0.717, 1.165) is 26.1 Å². The highest BCUT2D eigenvalue weighted by atomic mass is 16.2. The van der Waals surface area contributed by atoms with Crippen molar-refractivity contribution in [3.8, 4) is 0 Å². The molecule has 2 rings (SSSR count). The molecule has 0 aromatic rings. The van der Waals surface area contributed by atoms with E-state index in [-0.39, 0.29) is 6.04 Å². The molecule has 2 aliphatic heterocycles. The highest BCUT2D eigenvalue weighted by molar-refractivity contribution is 5.84. The van der Waals surface area contributed by atoms with E-state index in [1.807, 2.05) is 0 Å². The summed E-state index contributed by atoms with van der Waals surface area (Å²) < 4.78 is 0. The third-order valence-electron chi connectivity index (χ3n) is 4.14. The molecule has 2 fully saturated rings. The minimum atomic E-state index is 0.0574. The van der Waals surface area contributed by atoms with Gasteiger partial charge in [-0.25, -0.2) is 0 Å². The van der Waals surface area contributed by atoms with Crippen LogP contribution in [0.4, 0.5) is 0 Å². The van der Waals surface area contributed by atoms with Gasteiger partial charge in [-0.1, -0.05) is 20.8 Å². The van der Waals surface area contributed by atoms with Gasteiger partial charge in [-0.05, 0) is 32.4 Å². The fourth-order valence-corrected chi connectivity index (χ4v) is 3.19. The average molecular weight is 253 g/mol. The molecule has 4 nitrogen and oxygen atoms in total. The average Bonchev–Trinajstić information content (AvgIpc) is 2.70. The summed E-state index contributed by atoms with van der Waals surface area (Å²) in [4.78, 5) is 17.0. The number of carbonyl (C=O) groups excluding carboxylic acids is 1. The molecule has 0 radical (unpaired) electrons. The maximum absolute atomic E-state index is 12.4. The second kappa shape index (κ2) is 6.02. The lowest BCUT2D eigenvalue weighted by Gasteiger charge is -2.37. The first-order chi connectivity index (χ1) is 8.61. The summed E-state index contributed by atoms with van der Waals surface area (Å²) in [6.45, 7) is 10.7. The molecule has 0 aliphatic carbocycles. The molecule has 0 bridgehead atoms. The Bertz CT molecular complexity index is 293. The number of piperidine rings is 1. The Labute approximate surface area is 111 Å². The molecular formula is C14H27N3O. The van der Waals surface area contributed by atoms with Gasteiger partial charge in [-0.3, -0.25) is 4.79 Å². The van der Waals surface area contributed by atoms with E-state index in [0.29, 0.717) is 18.0 Å². The lowest BCUT2D eigenvalue weighted by atomic mass is 10.0. The summed E-state index contributed by atoms with van der Waals surface area (Å²) in [7, 11) is 0. The predicted molar refractivity (Wildman–Crippen MR) is 73.5 cm³/mol. The second-order valence-electron chi connectivity index (χ2n) is 5.88. The van der Waals surface area contributed by atoms with Gasteiger partial charge in [0.15, 0.2) is 0 Å². The van der Waals surface area contributed by atoms with Crippen LogP contribution in [-0.4, -0.2) is 60.0 Å². The monoisotopic (exact) mass is 253 g/mol. The highest BCUT2D eigenvalue weighted by Crippen LogP contribution is 2.21. The van der Waals surface area contributed by atoms with Gasteiger partial charge in [-0.15, -0.1) is 0 Å². The smallest absolute Gasteiger partial charge is 0.240 e. The molecule has 1 N–H and O–H groups in total. The van der Waals surface area contributed by atoms with E-state index in [4.69, 9.17) is 0 Å². The third kappa shape index (κ3) is 3.04. The van der Waals surface area contributed by atoms with E-state index in [1.165, 1.54) is 19.4 Å². The molecule has 2 saturated heterocycles. The lowest BCUT2D eigenvalue weighted by molar-refractivity contribution is -0.132. The highest BCUT2D eigenvalue weighted by Gasteiger charge is 2.37. The van der Waals surface area contributed by atoms with Gasteiger partial charge in [0.2, 0.25) is 5.91 Å². The van der Waals surface area contributed by atoms with E-state index in [2.05, 4.69) is 35.9 Å². The molecule has 0 spiro atoms. The van der Waals surface area contributed by atoms with Crippen molar-refractivity contribution < 1.29 is 4.79 Å². The molecule has 104 valence electrons. The number of carbonyl (C=O) groups is 1. The summed E-state index contributed by atoms with van der Waals surface area (Å²) in [5.74, 6) is 0.326. The topological polar surface area (TPSA) is 35.6 Å². The van der Waals surface area contributed by atoms with Crippen molar-refractivity contribution >= 4 is 5.91 Å². The Morgan fingerprint density at radius 2 is 2.11 bits per heavy atom. The SMILES string of the molecule is CCN1CCCC(N2CCC(NC(C)C)C2=O)C1. The first-order valence-electron chi connectivity index (χ1n) is 7.40. The molecule has 1 amide bonds. The molecule has 2 heterocycles. The minimum absolute atomic E-state index is 0.0574. The number of rotatable bonds is 4. The second-order valence-corrected chi connectivity index (χ2v) is 5.88. The quantitative estimate of drug-likeness (QED) is 0.814. The zero-order chi connectivity index (χ0) is 13.1. The van der Waals surface area contributed by atoms with E-state index >= 15 is 0 Å². The van der Waals surface area contributed by atoms with Crippen LogP contribution in [0.25, 0.3) is 0 Å².